The highest BCUT2D eigenvalue weighted by Crippen LogP contribution is 2.14. The van der Waals surface area contributed by atoms with Crippen LogP contribution < -0.4 is 0 Å². The van der Waals surface area contributed by atoms with E-state index in [0.29, 0.717) is 12.0 Å². The van der Waals surface area contributed by atoms with Crippen molar-refractivity contribution in [3.8, 4) is 0 Å². The summed E-state index contributed by atoms with van der Waals surface area (Å²) in [6, 6.07) is 11.3. The molecule has 2 rings (SSSR count). The predicted molar refractivity (Wildman–Crippen MR) is 71.0 cm³/mol. The largest absolute Gasteiger partial charge is 0.392 e. The molecule has 0 bridgehead atoms. The van der Waals surface area contributed by atoms with Crippen LogP contribution in [-0.2, 0) is 12.8 Å². The number of rotatable bonds is 4. The lowest BCUT2D eigenvalue weighted by Crippen LogP contribution is -2.15. The summed E-state index contributed by atoms with van der Waals surface area (Å²) in [4.78, 5) is 0. The van der Waals surface area contributed by atoms with Gasteiger partial charge in [0, 0.05) is 12.5 Å². The molecule has 0 radical (unpaired) electrons. The summed E-state index contributed by atoms with van der Waals surface area (Å²) in [5.41, 5.74) is 2.49. The maximum atomic E-state index is 13.5. The predicted octanol–water partition coefficient (Wildman–Crippen LogP) is 3.42. The Hall–Kier alpha value is -1.74. The highest BCUT2D eigenvalue weighted by atomic mass is 19.1. The molecule has 2 aromatic carbocycles. The Kier molecular flexibility index (Phi) is 4.27. The fourth-order valence-corrected chi connectivity index (χ4v) is 2.01. The molecule has 0 saturated heterocycles. The van der Waals surface area contributed by atoms with Gasteiger partial charge in [-0.3, -0.25) is 0 Å². The third-order valence-corrected chi connectivity index (χ3v) is 3.06. The first kappa shape index (κ1) is 13.7. The van der Waals surface area contributed by atoms with Gasteiger partial charge in [-0.15, -0.1) is 0 Å². The molecule has 1 nitrogen and oxygen atoms in total. The zero-order valence-electron chi connectivity index (χ0n) is 10.7. The van der Waals surface area contributed by atoms with Crippen molar-refractivity contribution in [1.82, 2.24) is 0 Å². The van der Waals surface area contributed by atoms with E-state index in [4.69, 9.17) is 0 Å². The molecule has 3 heteroatoms. The van der Waals surface area contributed by atoms with Gasteiger partial charge in [0.05, 0.1) is 6.10 Å². The van der Waals surface area contributed by atoms with Crippen LogP contribution in [0.2, 0.25) is 0 Å². The topological polar surface area (TPSA) is 20.2 Å². The maximum Gasteiger partial charge on any atom is 0.129 e. The number of hydrogen-bond acceptors (Lipinski definition) is 1. The molecular formula is C16H16F2O. The second-order valence-electron chi connectivity index (χ2n) is 4.78. The summed E-state index contributed by atoms with van der Waals surface area (Å²) in [6.45, 7) is 1.99. The van der Waals surface area contributed by atoms with E-state index >= 15 is 0 Å². The van der Waals surface area contributed by atoms with Crippen LogP contribution in [0.15, 0.2) is 42.5 Å². The SMILES string of the molecule is Cc1ccc(CC(O)Cc2ccc(F)cc2F)cc1. The normalized spacial score (nSPS) is 12.4. The average Bonchev–Trinajstić information content (AvgIpc) is 2.36. The third kappa shape index (κ3) is 3.86. The summed E-state index contributed by atoms with van der Waals surface area (Å²) in [5.74, 6) is -1.21. The van der Waals surface area contributed by atoms with Gasteiger partial charge in [0.2, 0.25) is 0 Å². The molecule has 0 aromatic heterocycles. The second kappa shape index (κ2) is 5.93. The average molecular weight is 262 g/mol. The molecule has 0 aliphatic heterocycles. The van der Waals surface area contributed by atoms with E-state index in [9.17, 15) is 13.9 Å². The summed E-state index contributed by atoms with van der Waals surface area (Å²) in [7, 11) is 0. The van der Waals surface area contributed by atoms with E-state index < -0.39 is 17.7 Å². The van der Waals surface area contributed by atoms with E-state index in [1.807, 2.05) is 31.2 Å². The molecule has 0 aliphatic carbocycles. The van der Waals surface area contributed by atoms with Gasteiger partial charge in [0.15, 0.2) is 0 Å². The lowest BCUT2D eigenvalue weighted by atomic mass is 10.0. The van der Waals surface area contributed by atoms with E-state index in [2.05, 4.69) is 0 Å². The molecule has 0 amide bonds. The van der Waals surface area contributed by atoms with Crippen molar-refractivity contribution < 1.29 is 13.9 Å². The molecule has 0 aliphatic rings. The smallest absolute Gasteiger partial charge is 0.129 e. The van der Waals surface area contributed by atoms with Crippen molar-refractivity contribution in [2.75, 3.05) is 0 Å². The fraction of sp³-hybridized carbons (Fsp3) is 0.250. The van der Waals surface area contributed by atoms with Crippen molar-refractivity contribution in [3.05, 3.63) is 70.8 Å². The minimum Gasteiger partial charge on any atom is -0.392 e. The fourth-order valence-electron chi connectivity index (χ4n) is 2.01. The van der Waals surface area contributed by atoms with Crippen LogP contribution in [0, 0.1) is 18.6 Å². The van der Waals surface area contributed by atoms with Crippen molar-refractivity contribution in [3.63, 3.8) is 0 Å². The van der Waals surface area contributed by atoms with E-state index in [1.54, 1.807) is 0 Å². The molecule has 2 aromatic rings. The number of aryl methyl sites for hydroxylation is 1. The molecule has 19 heavy (non-hydrogen) atoms. The van der Waals surface area contributed by atoms with Gasteiger partial charge in [-0.1, -0.05) is 35.9 Å². The zero-order valence-corrected chi connectivity index (χ0v) is 10.7. The first-order valence-corrected chi connectivity index (χ1v) is 6.22. The van der Waals surface area contributed by atoms with Gasteiger partial charge in [0.25, 0.3) is 0 Å². The van der Waals surface area contributed by atoms with Crippen molar-refractivity contribution in [1.29, 1.82) is 0 Å². The van der Waals surface area contributed by atoms with E-state index in [-0.39, 0.29) is 6.42 Å². The quantitative estimate of drug-likeness (QED) is 0.895. The minimum absolute atomic E-state index is 0.181. The first-order chi connectivity index (χ1) is 9.04. The number of benzene rings is 2. The molecular weight excluding hydrogens is 246 g/mol. The van der Waals surface area contributed by atoms with Crippen molar-refractivity contribution in [2.45, 2.75) is 25.9 Å². The molecule has 1 atom stereocenters. The lowest BCUT2D eigenvalue weighted by molar-refractivity contribution is 0.174. The Morgan fingerprint density at radius 2 is 1.68 bits per heavy atom. The van der Waals surface area contributed by atoms with Crippen LogP contribution >= 0.6 is 0 Å². The van der Waals surface area contributed by atoms with Crippen molar-refractivity contribution >= 4 is 0 Å². The second-order valence-corrected chi connectivity index (χ2v) is 4.78. The molecule has 0 heterocycles. The van der Waals surface area contributed by atoms with Crippen LogP contribution in [0.4, 0.5) is 8.78 Å². The van der Waals surface area contributed by atoms with Crippen LogP contribution in [0.25, 0.3) is 0 Å². The number of hydrogen-bond donors (Lipinski definition) is 1. The van der Waals surface area contributed by atoms with Gasteiger partial charge >= 0.3 is 0 Å². The lowest BCUT2D eigenvalue weighted by Gasteiger charge is -2.11. The molecule has 1 N–H and O–H groups in total. The molecule has 0 fully saturated rings. The molecule has 0 saturated carbocycles. The molecule has 1 unspecified atom stereocenters. The van der Waals surface area contributed by atoms with Crippen molar-refractivity contribution in [2.24, 2.45) is 0 Å². The van der Waals surface area contributed by atoms with Crippen LogP contribution in [0.1, 0.15) is 16.7 Å². The van der Waals surface area contributed by atoms with Gasteiger partial charge in [0.1, 0.15) is 11.6 Å². The summed E-state index contributed by atoms with van der Waals surface area (Å²) >= 11 is 0. The van der Waals surface area contributed by atoms with Crippen LogP contribution in [0.3, 0.4) is 0 Å². The number of halogens is 2. The van der Waals surface area contributed by atoms with Gasteiger partial charge in [-0.25, -0.2) is 8.78 Å². The minimum atomic E-state index is -0.678. The number of aliphatic hydroxyl groups excluding tert-OH is 1. The summed E-state index contributed by atoms with van der Waals surface area (Å²) in [6.07, 6.45) is -0.0421. The molecule has 0 spiro atoms. The van der Waals surface area contributed by atoms with E-state index in [0.717, 1.165) is 17.2 Å². The van der Waals surface area contributed by atoms with Gasteiger partial charge < -0.3 is 5.11 Å². The Labute approximate surface area is 111 Å². The maximum absolute atomic E-state index is 13.5. The van der Waals surface area contributed by atoms with Crippen LogP contribution in [0.5, 0.6) is 0 Å². The molecule has 100 valence electrons. The van der Waals surface area contributed by atoms with E-state index in [1.165, 1.54) is 12.1 Å². The standard InChI is InChI=1S/C16H16F2O/c1-11-2-4-12(5-3-11)8-15(19)9-13-6-7-14(17)10-16(13)18/h2-7,10,15,19H,8-9H2,1H3. The monoisotopic (exact) mass is 262 g/mol. The summed E-state index contributed by atoms with van der Waals surface area (Å²) < 4.78 is 26.2. The highest BCUT2D eigenvalue weighted by molar-refractivity contribution is 5.23. The van der Waals surface area contributed by atoms with Gasteiger partial charge in [-0.05, 0) is 30.5 Å². The Morgan fingerprint density at radius 1 is 1.00 bits per heavy atom. The Bertz CT molecular complexity index is 549. The Balaban J connectivity index is 2.01. The summed E-state index contributed by atoms with van der Waals surface area (Å²) in [5, 5.41) is 9.96. The Morgan fingerprint density at radius 3 is 2.32 bits per heavy atom. The first-order valence-electron chi connectivity index (χ1n) is 6.22. The number of aliphatic hydroxyl groups is 1. The van der Waals surface area contributed by atoms with Gasteiger partial charge in [-0.2, -0.15) is 0 Å². The highest BCUT2D eigenvalue weighted by Gasteiger charge is 2.11. The third-order valence-electron chi connectivity index (χ3n) is 3.06. The zero-order chi connectivity index (χ0) is 13.8. The van der Waals surface area contributed by atoms with Crippen LogP contribution in [-0.4, -0.2) is 11.2 Å².